The van der Waals surface area contributed by atoms with E-state index < -0.39 is 0 Å². The van der Waals surface area contributed by atoms with Gasteiger partial charge in [0, 0.05) is 6.20 Å². The predicted molar refractivity (Wildman–Crippen MR) is 53.3 cm³/mol. The van der Waals surface area contributed by atoms with Crippen molar-refractivity contribution in [3.05, 3.63) is 24.5 Å². The quantitative estimate of drug-likeness (QED) is 0.539. The standard InChI is InChI=1S/C10H16N2O/c1-2-3-4-8-13-12-10-6-5-7-11-9-10/h5-7,9,12H,2-4,8H2,1H3. The molecule has 0 amide bonds. The Labute approximate surface area is 79.1 Å². The molecule has 1 aromatic rings. The molecular weight excluding hydrogens is 164 g/mol. The molecule has 1 heterocycles. The van der Waals surface area contributed by atoms with Gasteiger partial charge in [0.25, 0.3) is 0 Å². The van der Waals surface area contributed by atoms with E-state index in [0.717, 1.165) is 18.7 Å². The van der Waals surface area contributed by atoms with Crippen molar-refractivity contribution in [3.63, 3.8) is 0 Å². The van der Waals surface area contributed by atoms with Crippen LogP contribution >= 0.6 is 0 Å². The zero-order valence-corrected chi connectivity index (χ0v) is 7.99. The first kappa shape index (κ1) is 9.99. The molecule has 0 fully saturated rings. The molecular formula is C10H16N2O. The minimum atomic E-state index is 0.753. The molecule has 1 rings (SSSR count). The summed E-state index contributed by atoms with van der Waals surface area (Å²) in [5.41, 5.74) is 3.74. The zero-order chi connectivity index (χ0) is 9.36. The van der Waals surface area contributed by atoms with Crippen LogP contribution < -0.4 is 5.48 Å². The molecule has 0 saturated heterocycles. The Kier molecular flexibility index (Phi) is 4.94. The Bertz CT molecular complexity index is 213. The maximum atomic E-state index is 5.23. The third-order valence-electron chi connectivity index (χ3n) is 1.70. The average Bonchev–Trinajstić information content (AvgIpc) is 2.19. The molecule has 3 nitrogen and oxygen atoms in total. The molecule has 1 N–H and O–H groups in total. The Morgan fingerprint density at radius 1 is 1.46 bits per heavy atom. The SMILES string of the molecule is CCCCCONc1cccnc1. The van der Waals surface area contributed by atoms with Gasteiger partial charge in [-0.05, 0) is 18.6 Å². The summed E-state index contributed by atoms with van der Waals surface area (Å²) in [6.45, 7) is 2.93. The summed E-state index contributed by atoms with van der Waals surface area (Å²) < 4.78 is 0. The first-order valence-electron chi connectivity index (χ1n) is 4.71. The lowest BCUT2D eigenvalue weighted by molar-refractivity contribution is 0.188. The summed E-state index contributed by atoms with van der Waals surface area (Å²) in [7, 11) is 0. The van der Waals surface area contributed by atoms with Crippen molar-refractivity contribution in [1.82, 2.24) is 4.98 Å². The van der Waals surface area contributed by atoms with Gasteiger partial charge in [-0.3, -0.25) is 15.3 Å². The van der Waals surface area contributed by atoms with Crippen LogP contribution in [0.2, 0.25) is 0 Å². The predicted octanol–water partition coefficient (Wildman–Crippen LogP) is 2.62. The van der Waals surface area contributed by atoms with Crippen LogP contribution in [0, 0.1) is 0 Å². The molecule has 72 valence electrons. The summed E-state index contributed by atoms with van der Waals surface area (Å²) in [5.74, 6) is 0. The highest BCUT2D eigenvalue weighted by atomic mass is 16.6. The van der Waals surface area contributed by atoms with Crippen molar-refractivity contribution in [2.24, 2.45) is 0 Å². The summed E-state index contributed by atoms with van der Waals surface area (Å²) in [6.07, 6.45) is 7.01. The second kappa shape index (κ2) is 6.43. The first-order valence-corrected chi connectivity index (χ1v) is 4.71. The Morgan fingerprint density at radius 2 is 2.38 bits per heavy atom. The maximum absolute atomic E-state index is 5.23. The monoisotopic (exact) mass is 180 g/mol. The topological polar surface area (TPSA) is 34.1 Å². The highest BCUT2D eigenvalue weighted by Gasteiger charge is 1.89. The second-order valence-corrected chi connectivity index (χ2v) is 2.90. The number of hydrogen-bond acceptors (Lipinski definition) is 3. The van der Waals surface area contributed by atoms with Crippen LogP contribution in [0.5, 0.6) is 0 Å². The molecule has 0 aliphatic carbocycles. The summed E-state index contributed by atoms with van der Waals surface area (Å²) in [6, 6.07) is 3.80. The van der Waals surface area contributed by atoms with Gasteiger partial charge in [0.1, 0.15) is 0 Å². The summed E-state index contributed by atoms with van der Waals surface area (Å²) in [4.78, 5) is 9.19. The molecule has 0 aromatic carbocycles. The molecule has 0 saturated carbocycles. The third-order valence-corrected chi connectivity index (χ3v) is 1.70. The number of unbranched alkanes of at least 4 members (excludes halogenated alkanes) is 2. The zero-order valence-electron chi connectivity index (χ0n) is 7.99. The molecule has 0 aliphatic heterocycles. The molecule has 0 radical (unpaired) electrons. The normalized spacial score (nSPS) is 9.92. The van der Waals surface area contributed by atoms with Crippen LogP contribution in [0.25, 0.3) is 0 Å². The maximum Gasteiger partial charge on any atom is 0.0787 e. The van der Waals surface area contributed by atoms with E-state index in [9.17, 15) is 0 Å². The molecule has 1 aromatic heterocycles. The summed E-state index contributed by atoms with van der Waals surface area (Å²) >= 11 is 0. The third kappa shape index (κ3) is 4.48. The molecule has 13 heavy (non-hydrogen) atoms. The van der Waals surface area contributed by atoms with Gasteiger partial charge < -0.3 is 0 Å². The van der Waals surface area contributed by atoms with Crippen molar-refractivity contribution in [2.45, 2.75) is 26.2 Å². The largest absolute Gasteiger partial charge is 0.276 e. The van der Waals surface area contributed by atoms with E-state index in [0.29, 0.717) is 0 Å². The fraction of sp³-hybridized carbons (Fsp3) is 0.500. The van der Waals surface area contributed by atoms with Gasteiger partial charge in [-0.2, -0.15) is 0 Å². The molecule has 3 heteroatoms. The number of nitrogens with zero attached hydrogens (tertiary/aromatic N) is 1. The average molecular weight is 180 g/mol. The lowest BCUT2D eigenvalue weighted by Gasteiger charge is -2.05. The van der Waals surface area contributed by atoms with Crippen LogP contribution in [-0.2, 0) is 4.84 Å². The molecule has 0 bridgehead atoms. The van der Waals surface area contributed by atoms with Gasteiger partial charge in [-0.15, -0.1) is 0 Å². The number of nitrogens with one attached hydrogen (secondary N) is 1. The Hall–Kier alpha value is -1.09. The van der Waals surface area contributed by atoms with Crippen molar-refractivity contribution in [3.8, 4) is 0 Å². The van der Waals surface area contributed by atoms with E-state index in [4.69, 9.17) is 4.84 Å². The highest BCUT2D eigenvalue weighted by Crippen LogP contribution is 2.02. The number of aromatic nitrogens is 1. The number of rotatable bonds is 6. The van der Waals surface area contributed by atoms with E-state index in [1.165, 1.54) is 12.8 Å². The fourth-order valence-corrected chi connectivity index (χ4v) is 0.982. The minimum Gasteiger partial charge on any atom is -0.276 e. The van der Waals surface area contributed by atoms with Crippen LogP contribution in [-0.4, -0.2) is 11.6 Å². The van der Waals surface area contributed by atoms with Gasteiger partial charge in [0.2, 0.25) is 0 Å². The van der Waals surface area contributed by atoms with Gasteiger partial charge in [-0.1, -0.05) is 19.8 Å². The van der Waals surface area contributed by atoms with E-state index in [2.05, 4.69) is 17.4 Å². The highest BCUT2D eigenvalue weighted by molar-refractivity contribution is 5.36. The van der Waals surface area contributed by atoms with Gasteiger partial charge in [0.15, 0.2) is 0 Å². The van der Waals surface area contributed by atoms with Gasteiger partial charge in [0.05, 0.1) is 18.5 Å². The van der Waals surface area contributed by atoms with E-state index in [1.807, 2.05) is 12.1 Å². The van der Waals surface area contributed by atoms with Crippen LogP contribution in [0.4, 0.5) is 5.69 Å². The number of anilines is 1. The van der Waals surface area contributed by atoms with Crippen LogP contribution in [0.3, 0.4) is 0 Å². The van der Waals surface area contributed by atoms with Gasteiger partial charge >= 0.3 is 0 Å². The molecule has 0 unspecified atom stereocenters. The smallest absolute Gasteiger partial charge is 0.0787 e. The lowest BCUT2D eigenvalue weighted by atomic mass is 10.3. The minimum absolute atomic E-state index is 0.753. The van der Waals surface area contributed by atoms with Crippen LogP contribution in [0.15, 0.2) is 24.5 Å². The number of pyridine rings is 1. The molecule has 0 aliphatic rings. The Balaban J connectivity index is 2.07. The van der Waals surface area contributed by atoms with Crippen molar-refractivity contribution in [1.29, 1.82) is 0 Å². The second-order valence-electron chi connectivity index (χ2n) is 2.90. The fourth-order valence-electron chi connectivity index (χ4n) is 0.982. The van der Waals surface area contributed by atoms with Crippen LogP contribution in [0.1, 0.15) is 26.2 Å². The van der Waals surface area contributed by atoms with E-state index in [-0.39, 0.29) is 0 Å². The van der Waals surface area contributed by atoms with Gasteiger partial charge in [-0.25, -0.2) is 0 Å². The first-order chi connectivity index (χ1) is 6.43. The van der Waals surface area contributed by atoms with Crippen molar-refractivity contribution < 1.29 is 4.84 Å². The lowest BCUT2D eigenvalue weighted by Crippen LogP contribution is -2.02. The van der Waals surface area contributed by atoms with Crippen molar-refractivity contribution in [2.75, 3.05) is 12.1 Å². The molecule has 0 atom stereocenters. The molecule has 0 spiro atoms. The number of hydrogen-bond donors (Lipinski definition) is 1. The van der Waals surface area contributed by atoms with Crippen molar-refractivity contribution >= 4 is 5.69 Å². The van der Waals surface area contributed by atoms with E-state index in [1.54, 1.807) is 12.4 Å². The summed E-state index contributed by atoms with van der Waals surface area (Å²) in [5, 5.41) is 0. The van der Waals surface area contributed by atoms with E-state index >= 15 is 0 Å². The Morgan fingerprint density at radius 3 is 3.08 bits per heavy atom.